The van der Waals surface area contributed by atoms with Crippen LogP contribution in [0.25, 0.3) is 10.2 Å². The molecule has 0 N–H and O–H groups in total. The number of non-ortho nitro benzene ring substituents is 1. The molecular weight excluding hydrogens is 370 g/mol. The molecule has 0 spiro atoms. The molecule has 0 fully saturated rings. The van der Waals surface area contributed by atoms with E-state index in [0.29, 0.717) is 11.3 Å². The minimum absolute atomic E-state index is 0.0958. The Morgan fingerprint density at radius 2 is 1.89 bits per heavy atom. The smallest absolute Gasteiger partial charge is 0.307 e. The summed E-state index contributed by atoms with van der Waals surface area (Å²) in [7, 11) is 1.32. The number of aromatic nitrogens is 1. The van der Waals surface area contributed by atoms with Crippen LogP contribution in [0, 0.1) is 10.1 Å². The lowest BCUT2D eigenvalue weighted by atomic mass is 10.2. The van der Waals surface area contributed by atoms with E-state index in [9.17, 15) is 19.7 Å². The molecule has 8 nitrogen and oxygen atoms in total. The summed E-state index contributed by atoms with van der Waals surface area (Å²) in [5, 5.41) is 10.7. The Hall–Kier alpha value is -3.33. The van der Waals surface area contributed by atoms with Gasteiger partial charge in [-0.2, -0.15) is 4.99 Å². The van der Waals surface area contributed by atoms with Crippen LogP contribution in [0.3, 0.4) is 0 Å². The normalized spacial score (nSPS) is 11.5. The zero-order chi connectivity index (χ0) is 19.4. The lowest BCUT2D eigenvalue weighted by molar-refractivity contribution is -0.384. The first-order chi connectivity index (χ1) is 13.0. The topological polar surface area (TPSA) is 104 Å². The molecule has 9 heteroatoms. The van der Waals surface area contributed by atoms with Crippen LogP contribution < -0.4 is 4.80 Å². The minimum Gasteiger partial charge on any atom is -0.469 e. The standard InChI is InChI=1S/C18H15N3O5S/c1-26-16(22)10-11-20-14-4-2-3-5-15(14)27-18(20)19-17(23)12-6-8-13(9-7-12)21(24)25/h2-9H,10-11H2,1H3. The van der Waals surface area contributed by atoms with E-state index in [1.807, 2.05) is 24.3 Å². The fourth-order valence-electron chi connectivity index (χ4n) is 2.50. The predicted molar refractivity (Wildman–Crippen MR) is 99.4 cm³/mol. The van der Waals surface area contributed by atoms with Crippen molar-refractivity contribution >= 4 is 39.1 Å². The van der Waals surface area contributed by atoms with Gasteiger partial charge in [0, 0.05) is 24.2 Å². The number of thiazole rings is 1. The molecule has 0 aliphatic rings. The lowest BCUT2D eigenvalue weighted by Gasteiger charge is -2.04. The van der Waals surface area contributed by atoms with Gasteiger partial charge in [-0.15, -0.1) is 0 Å². The Kier molecular flexibility index (Phi) is 5.41. The largest absolute Gasteiger partial charge is 0.469 e. The molecule has 0 saturated carbocycles. The highest BCUT2D eigenvalue weighted by atomic mass is 32.1. The van der Waals surface area contributed by atoms with Gasteiger partial charge in [0.2, 0.25) is 0 Å². The van der Waals surface area contributed by atoms with Crippen molar-refractivity contribution < 1.29 is 19.2 Å². The SMILES string of the molecule is COC(=O)CCn1c(=NC(=O)c2ccc([N+](=O)[O-])cc2)sc2ccccc21. The highest BCUT2D eigenvalue weighted by Gasteiger charge is 2.12. The van der Waals surface area contributed by atoms with E-state index in [2.05, 4.69) is 9.73 Å². The zero-order valence-electron chi connectivity index (χ0n) is 14.3. The number of amides is 1. The summed E-state index contributed by atoms with van der Waals surface area (Å²) < 4.78 is 7.40. The van der Waals surface area contributed by atoms with E-state index < -0.39 is 10.8 Å². The summed E-state index contributed by atoms with van der Waals surface area (Å²) in [6.45, 7) is 0.322. The van der Waals surface area contributed by atoms with Gasteiger partial charge in [-0.3, -0.25) is 19.7 Å². The molecule has 2 aromatic carbocycles. The third-order valence-electron chi connectivity index (χ3n) is 3.88. The van der Waals surface area contributed by atoms with E-state index >= 15 is 0 Å². The number of rotatable bonds is 5. The van der Waals surface area contributed by atoms with Crippen LogP contribution in [0.5, 0.6) is 0 Å². The second-order valence-corrected chi connectivity index (χ2v) is 6.56. The second kappa shape index (κ2) is 7.92. The number of nitro groups is 1. The maximum Gasteiger partial charge on any atom is 0.307 e. The quantitative estimate of drug-likeness (QED) is 0.382. The summed E-state index contributed by atoms with van der Waals surface area (Å²) in [5.41, 5.74) is 1.01. The van der Waals surface area contributed by atoms with Crippen LogP contribution in [-0.4, -0.2) is 28.5 Å². The monoisotopic (exact) mass is 385 g/mol. The number of carbonyl (C=O) groups excluding carboxylic acids is 2. The number of aryl methyl sites for hydroxylation is 1. The van der Waals surface area contributed by atoms with E-state index in [-0.39, 0.29) is 23.6 Å². The lowest BCUT2D eigenvalue weighted by Crippen LogP contribution is -2.19. The highest BCUT2D eigenvalue weighted by Crippen LogP contribution is 2.18. The van der Waals surface area contributed by atoms with Gasteiger partial charge in [-0.1, -0.05) is 23.5 Å². The van der Waals surface area contributed by atoms with Gasteiger partial charge >= 0.3 is 5.97 Å². The molecule has 1 amide bonds. The number of benzene rings is 2. The molecule has 3 rings (SSSR count). The predicted octanol–water partition coefficient (Wildman–Crippen LogP) is 2.92. The molecule has 1 heterocycles. The number of methoxy groups -OCH3 is 1. The first kappa shape index (κ1) is 18.5. The minimum atomic E-state index is -0.530. The second-order valence-electron chi connectivity index (χ2n) is 5.55. The molecule has 1 aromatic heterocycles. The van der Waals surface area contributed by atoms with Crippen LogP contribution in [0.2, 0.25) is 0 Å². The van der Waals surface area contributed by atoms with Crippen molar-refractivity contribution in [2.75, 3.05) is 7.11 Å². The van der Waals surface area contributed by atoms with Gasteiger partial charge < -0.3 is 9.30 Å². The number of fused-ring (bicyclic) bond motifs is 1. The number of hydrogen-bond donors (Lipinski definition) is 0. The fraction of sp³-hybridized carbons (Fsp3) is 0.167. The molecule has 0 aliphatic heterocycles. The van der Waals surface area contributed by atoms with Crippen molar-refractivity contribution in [1.82, 2.24) is 4.57 Å². The Morgan fingerprint density at radius 3 is 2.56 bits per heavy atom. The van der Waals surface area contributed by atoms with Crippen LogP contribution in [0.4, 0.5) is 5.69 Å². The maximum atomic E-state index is 12.5. The molecule has 0 atom stereocenters. The Labute approximate surface area is 157 Å². The van der Waals surface area contributed by atoms with Gasteiger partial charge in [0.25, 0.3) is 11.6 Å². The average Bonchev–Trinajstić information content (AvgIpc) is 3.03. The molecule has 0 bridgehead atoms. The fourth-order valence-corrected chi connectivity index (χ4v) is 3.56. The highest BCUT2D eigenvalue weighted by molar-refractivity contribution is 7.16. The van der Waals surface area contributed by atoms with Gasteiger partial charge in [0.05, 0.1) is 28.7 Å². The van der Waals surface area contributed by atoms with Gasteiger partial charge in [-0.05, 0) is 24.3 Å². The molecule has 0 radical (unpaired) electrons. The first-order valence-corrected chi connectivity index (χ1v) is 8.80. The van der Waals surface area contributed by atoms with Gasteiger partial charge in [0.15, 0.2) is 4.80 Å². The molecule has 3 aromatic rings. The van der Waals surface area contributed by atoms with Crippen LogP contribution in [0.15, 0.2) is 53.5 Å². The van der Waals surface area contributed by atoms with Crippen molar-refractivity contribution in [1.29, 1.82) is 0 Å². The van der Waals surface area contributed by atoms with E-state index in [4.69, 9.17) is 0 Å². The van der Waals surface area contributed by atoms with Crippen LogP contribution >= 0.6 is 11.3 Å². The van der Waals surface area contributed by atoms with Crippen molar-refractivity contribution in [3.8, 4) is 0 Å². The molecule has 0 unspecified atom stereocenters. The molecule has 0 saturated heterocycles. The number of para-hydroxylation sites is 1. The van der Waals surface area contributed by atoms with E-state index in [0.717, 1.165) is 10.2 Å². The Balaban J connectivity index is 1.99. The molecule has 138 valence electrons. The zero-order valence-corrected chi connectivity index (χ0v) is 15.1. The van der Waals surface area contributed by atoms with Gasteiger partial charge in [0.1, 0.15) is 0 Å². The number of nitrogens with zero attached hydrogens (tertiary/aromatic N) is 3. The van der Waals surface area contributed by atoms with E-state index in [1.54, 1.807) is 4.57 Å². The van der Waals surface area contributed by atoms with Crippen molar-refractivity contribution in [3.63, 3.8) is 0 Å². The Bertz CT molecular complexity index is 1080. The molecular formula is C18H15N3O5S. The van der Waals surface area contributed by atoms with Crippen LogP contribution in [-0.2, 0) is 16.1 Å². The summed E-state index contributed by atoms with van der Waals surface area (Å²) in [5.74, 6) is -0.867. The van der Waals surface area contributed by atoms with Crippen molar-refractivity contribution in [3.05, 3.63) is 69.0 Å². The van der Waals surface area contributed by atoms with Crippen LogP contribution in [0.1, 0.15) is 16.8 Å². The number of esters is 1. The summed E-state index contributed by atoms with van der Waals surface area (Å²) in [6, 6.07) is 12.8. The number of carbonyl (C=O) groups is 2. The average molecular weight is 385 g/mol. The third-order valence-corrected chi connectivity index (χ3v) is 4.94. The third kappa shape index (κ3) is 4.09. The summed E-state index contributed by atoms with van der Waals surface area (Å²) >= 11 is 1.33. The number of hydrogen-bond acceptors (Lipinski definition) is 6. The van der Waals surface area contributed by atoms with Gasteiger partial charge in [-0.25, -0.2) is 0 Å². The van der Waals surface area contributed by atoms with E-state index in [1.165, 1.54) is 42.7 Å². The summed E-state index contributed by atoms with van der Waals surface area (Å²) in [4.78, 5) is 38.8. The Morgan fingerprint density at radius 1 is 1.19 bits per heavy atom. The first-order valence-electron chi connectivity index (χ1n) is 7.98. The summed E-state index contributed by atoms with van der Waals surface area (Å²) in [6.07, 6.45) is 0.149. The molecule has 27 heavy (non-hydrogen) atoms. The van der Waals surface area contributed by atoms with Crippen molar-refractivity contribution in [2.45, 2.75) is 13.0 Å². The number of nitro benzene ring substituents is 1. The molecule has 0 aliphatic carbocycles. The van der Waals surface area contributed by atoms with Crippen molar-refractivity contribution in [2.24, 2.45) is 4.99 Å². The maximum absolute atomic E-state index is 12.5. The number of ether oxygens (including phenoxy) is 1.